The topological polar surface area (TPSA) is 67.4 Å². The molecule has 2 N–H and O–H groups in total. The fraction of sp³-hybridized carbons (Fsp3) is 0.0667. The SMILES string of the molecule is COC(=O)c1cccc(NC(=O)Nc2ccc(F)c(Cl)c2)c1. The van der Waals surface area contributed by atoms with Gasteiger partial charge in [0.25, 0.3) is 0 Å². The second-order valence-electron chi connectivity index (χ2n) is 4.28. The summed E-state index contributed by atoms with van der Waals surface area (Å²) < 4.78 is 17.6. The Labute approximate surface area is 131 Å². The Hall–Kier alpha value is -2.60. The van der Waals surface area contributed by atoms with Gasteiger partial charge in [0.05, 0.1) is 17.7 Å². The van der Waals surface area contributed by atoms with Gasteiger partial charge in [0.1, 0.15) is 5.82 Å². The molecule has 2 amide bonds. The molecular formula is C15H12ClFN2O3. The number of amides is 2. The first kappa shape index (κ1) is 15.8. The standard InChI is InChI=1S/C15H12ClFN2O3/c1-22-14(20)9-3-2-4-10(7-9)18-15(21)19-11-5-6-13(17)12(16)8-11/h2-8H,1H3,(H2,18,19,21). The average Bonchev–Trinajstić information content (AvgIpc) is 2.50. The van der Waals surface area contributed by atoms with Crippen molar-refractivity contribution in [3.63, 3.8) is 0 Å². The van der Waals surface area contributed by atoms with Crippen molar-refractivity contribution in [2.45, 2.75) is 0 Å². The smallest absolute Gasteiger partial charge is 0.337 e. The maximum atomic E-state index is 13.0. The van der Waals surface area contributed by atoms with Gasteiger partial charge in [-0.05, 0) is 36.4 Å². The quantitative estimate of drug-likeness (QED) is 0.842. The number of rotatable bonds is 3. The van der Waals surface area contributed by atoms with Crippen molar-refractivity contribution in [2.75, 3.05) is 17.7 Å². The third-order valence-electron chi connectivity index (χ3n) is 2.72. The number of hydrogen-bond acceptors (Lipinski definition) is 3. The van der Waals surface area contributed by atoms with E-state index in [0.29, 0.717) is 16.9 Å². The number of carbonyl (C=O) groups is 2. The molecule has 2 rings (SSSR count). The van der Waals surface area contributed by atoms with Crippen LogP contribution in [0.15, 0.2) is 42.5 Å². The number of carbonyl (C=O) groups excluding carboxylic acids is 2. The highest BCUT2D eigenvalue weighted by Crippen LogP contribution is 2.19. The number of nitrogens with one attached hydrogen (secondary N) is 2. The van der Waals surface area contributed by atoms with E-state index in [2.05, 4.69) is 15.4 Å². The summed E-state index contributed by atoms with van der Waals surface area (Å²) in [7, 11) is 1.27. The third-order valence-corrected chi connectivity index (χ3v) is 3.01. The van der Waals surface area contributed by atoms with Crippen LogP contribution in [0.4, 0.5) is 20.6 Å². The molecule has 0 radical (unpaired) electrons. The number of methoxy groups -OCH3 is 1. The van der Waals surface area contributed by atoms with Crippen LogP contribution in [0.5, 0.6) is 0 Å². The summed E-state index contributed by atoms with van der Waals surface area (Å²) in [5.74, 6) is -1.08. The van der Waals surface area contributed by atoms with Crippen LogP contribution in [0, 0.1) is 5.82 Å². The summed E-state index contributed by atoms with van der Waals surface area (Å²) in [4.78, 5) is 23.3. The lowest BCUT2D eigenvalue weighted by atomic mass is 10.2. The van der Waals surface area contributed by atoms with Crippen molar-refractivity contribution < 1.29 is 18.7 Å². The van der Waals surface area contributed by atoms with Gasteiger partial charge in [-0.25, -0.2) is 14.0 Å². The Balaban J connectivity index is 2.05. The minimum absolute atomic E-state index is 0.0921. The van der Waals surface area contributed by atoms with Crippen LogP contribution in [0.3, 0.4) is 0 Å². The summed E-state index contributed by atoms with van der Waals surface area (Å²) in [6.07, 6.45) is 0. The van der Waals surface area contributed by atoms with Gasteiger partial charge in [-0.1, -0.05) is 17.7 Å². The molecule has 5 nitrogen and oxygen atoms in total. The highest BCUT2D eigenvalue weighted by atomic mass is 35.5. The molecule has 0 heterocycles. The molecule has 114 valence electrons. The Kier molecular flexibility index (Phi) is 4.95. The van der Waals surface area contributed by atoms with Crippen LogP contribution >= 0.6 is 11.6 Å². The van der Waals surface area contributed by atoms with E-state index in [4.69, 9.17) is 11.6 Å². The molecule has 0 saturated heterocycles. The van der Waals surface area contributed by atoms with Gasteiger partial charge in [-0.2, -0.15) is 0 Å². The molecule has 0 unspecified atom stereocenters. The van der Waals surface area contributed by atoms with Gasteiger partial charge in [-0.15, -0.1) is 0 Å². The number of ether oxygens (including phenoxy) is 1. The second kappa shape index (κ2) is 6.91. The molecule has 2 aromatic carbocycles. The first-order valence-corrected chi connectivity index (χ1v) is 6.59. The zero-order valence-electron chi connectivity index (χ0n) is 11.5. The maximum Gasteiger partial charge on any atom is 0.337 e. The van der Waals surface area contributed by atoms with Crippen molar-refractivity contribution >= 4 is 35.0 Å². The largest absolute Gasteiger partial charge is 0.465 e. The third kappa shape index (κ3) is 3.95. The van der Waals surface area contributed by atoms with E-state index in [1.54, 1.807) is 18.2 Å². The Morgan fingerprint density at radius 2 is 1.77 bits per heavy atom. The van der Waals surface area contributed by atoms with Crippen LogP contribution in [0.25, 0.3) is 0 Å². The first-order valence-electron chi connectivity index (χ1n) is 6.21. The van der Waals surface area contributed by atoms with E-state index >= 15 is 0 Å². The van der Waals surface area contributed by atoms with E-state index in [1.165, 1.54) is 25.3 Å². The number of esters is 1. The van der Waals surface area contributed by atoms with Gasteiger partial charge < -0.3 is 15.4 Å². The predicted molar refractivity (Wildman–Crippen MR) is 81.8 cm³/mol. The molecule has 0 aliphatic rings. The van der Waals surface area contributed by atoms with Gasteiger partial charge in [0, 0.05) is 11.4 Å². The molecule has 0 spiro atoms. The van der Waals surface area contributed by atoms with Crippen molar-refractivity contribution in [3.8, 4) is 0 Å². The Bertz CT molecular complexity index is 722. The second-order valence-corrected chi connectivity index (χ2v) is 4.69. The maximum absolute atomic E-state index is 13.0. The van der Waals surface area contributed by atoms with E-state index in [-0.39, 0.29) is 5.02 Å². The number of halogens is 2. The molecule has 0 atom stereocenters. The normalized spacial score (nSPS) is 9.95. The zero-order chi connectivity index (χ0) is 16.1. The van der Waals surface area contributed by atoms with Crippen molar-refractivity contribution in [2.24, 2.45) is 0 Å². The van der Waals surface area contributed by atoms with Gasteiger partial charge in [0.2, 0.25) is 0 Å². The zero-order valence-corrected chi connectivity index (χ0v) is 12.3. The van der Waals surface area contributed by atoms with E-state index in [0.717, 1.165) is 6.07 Å². The molecule has 22 heavy (non-hydrogen) atoms. The summed E-state index contributed by atoms with van der Waals surface area (Å²) >= 11 is 5.63. The summed E-state index contributed by atoms with van der Waals surface area (Å²) in [5, 5.41) is 4.96. The monoisotopic (exact) mass is 322 g/mol. The van der Waals surface area contributed by atoms with E-state index in [1.807, 2.05) is 0 Å². The summed E-state index contributed by atoms with van der Waals surface area (Å²) in [6, 6.07) is 9.53. The molecule has 0 fully saturated rings. The highest BCUT2D eigenvalue weighted by Gasteiger charge is 2.08. The number of hydrogen-bond donors (Lipinski definition) is 2. The lowest BCUT2D eigenvalue weighted by molar-refractivity contribution is 0.0600. The minimum Gasteiger partial charge on any atom is -0.465 e. The van der Waals surface area contributed by atoms with Crippen molar-refractivity contribution in [3.05, 3.63) is 58.9 Å². The van der Waals surface area contributed by atoms with Crippen LogP contribution in [0.1, 0.15) is 10.4 Å². The van der Waals surface area contributed by atoms with Crippen LogP contribution in [-0.4, -0.2) is 19.1 Å². The molecule has 0 aromatic heterocycles. The van der Waals surface area contributed by atoms with Crippen molar-refractivity contribution in [1.29, 1.82) is 0 Å². The lowest BCUT2D eigenvalue weighted by Gasteiger charge is -2.09. The van der Waals surface area contributed by atoms with Crippen LogP contribution in [-0.2, 0) is 4.74 Å². The summed E-state index contributed by atoms with van der Waals surface area (Å²) in [6.45, 7) is 0. The Morgan fingerprint density at radius 1 is 1.09 bits per heavy atom. The summed E-state index contributed by atoms with van der Waals surface area (Å²) in [5.41, 5.74) is 1.06. The van der Waals surface area contributed by atoms with Crippen LogP contribution in [0.2, 0.25) is 5.02 Å². The number of anilines is 2. The number of urea groups is 1. The van der Waals surface area contributed by atoms with E-state index < -0.39 is 17.8 Å². The van der Waals surface area contributed by atoms with Crippen LogP contribution < -0.4 is 10.6 Å². The fourth-order valence-electron chi connectivity index (χ4n) is 1.71. The lowest BCUT2D eigenvalue weighted by Crippen LogP contribution is -2.19. The predicted octanol–water partition coefficient (Wildman–Crippen LogP) is 3.91. The molecule has 7 heteroatoms. The van der Waals surface area contributed by atoms with Gasteiger partial charge in [-0.3, -0.25) is 0 Å². The fourth-order valence-corrected chi connectivity index (χ4v) is 1.89. The number of benzene rings is 2. The average molecular weight is 323 g/mol. The van der Waals surface area contributed by atoms with E-state index in [9.17, 15) is 14.0 Å². The molecule has 0 aliphatic carbocycles. The highest BCUT2D eigenvalue weighted by molar-refractivity contribution is 6.31. The molecule has 0 bridgehead atoms. The minimum atomic E-state index is -0.571. The van der Waals surface area contributed by atoms with Crippen molar-refractivity contribution in [1.82, 2.24) is 0 Å². The first-order chi connectivity index (χ1) is 10.5. The van der Waals surface area contributed by atoms with Gasteiger partial charge in [0.15, 0.2) is 0 Å². The van der Waals surface area contributed by atoms with Gasteiger partial charge >= 0.3 is 12.0 Å². The molecular weight excluding hydrogens is 311 g/mol. The molecule has 0 aliphatic heterocycles. The molecule has 2 aromatic rings. The Morgan fingerprint density at radius 3 is 2.41 bits per heavy atom. The molecule has 0 saturated carbocycles.